The van der Waals surface area contributed by atoms with Crippen LogP contribution in [0.3, 0.4) is 0 Å². The molecule has 3 saturated carbocycles. The minimum absolute atomic E-state index is 0.139. The standard InChI is InChI=1S/C32H48NO/c1-22(2)10-9-11-23(3)28-21-29(34)30-26-13-12-24-20-25(33-18-7-6-8-19-33)14-16-31(24,4)27(26)15-17-32(28,30)5/h6-8,18-19,22-25,27-28H,9-17,20-21H2,1-5H3/q+1/t23-,24+,25+,27+,28-,31+,32-/m1/s1. The van der Waals surface area contributed by atoms with Crippen LogP contribution in [0, 0.1) is 40.4 Å². The van der Waals surface area contributed by atoms with E-state index in [-0.39, 0.29) is 5.41 Å². The number of hydrogen-bond donors (Lipinski definition) is 0. The number of rotatable bonds is 6. The summed E-state index contributed by atoms with van der Waals surface area (Å²) in [4.78, 5) is 13.6. The fourth-order valence-corrected chi connectivity index (χ4v) is 9.14. The topological polar surface area (TPSA) is 20.9 Å². The van der Waals surface area contributed by atoms with E-state index in [4.69, 9.17) is 0 Å². The quantitative estimate of drug-likeness (QED) is 0.394. The molecule has 2 heteroatoms. The maximum Gasteiger partial charge on any atom is 0.169 e. The molecule has 1 aromatic heterocycles. The Morgan fingerprint density at radius 3 is 2.50 bits per heavy atom. The predicted molar refractivity (Wildman–Crippen MR) is 139 cm³/mol. The minimum atomic E-state index is 0.139. The third kappa shape index (κ3) is 4.01. The lowest BCUT2D eigenvalue weighted by atomic mass is 9.48. The minimum Gasteiger partial charge on any atom is -0.295 e. The number of carbonyl (C=O) groups excluding carboxylic acids is 1. The zero-order valence-corrected chi connectivity index (χ0v) is 22.5. The van der Waals surface area contributed by atoms with Crippen LogP contribution in [0.25, 0.3) is 0 Å². The van der Waals surface area contributed by atoms with Gasteiger partial charge in [-0.1, -0.05) is 65.5 Å². The molecular weight excluding hydrogens is 414 g/mol. The van der Waals surface area contributed by atoms with Crippen molar-refractivity contribution in [2.45, 2.75) is 111 Å². The Hall–Kier alpha value is -1.44. The van der Waals surface area contributed by atoms with Crippen molar-refractivity contribution in [2.24, 2.45) is 40.4 Å². The molecule has 0 bridgehead atoms. The van der Waals surface area contributed by atoms with Gasteiger partial charge in [-0.25, -0.2) is 4.57 Å². The molecule has 0 aliphatic heterocycles. The fourth-order valence-electron chi connectivity index (χ4n) is 9.14. The van der Waals surface area contributed by atoms with Crippen LogP contribution in [0.1, 0.15) is 111 Å². The van der Waals surface area contributed by atoms with Crippen LogP contribution < -0.4 is 4.57 Å². The first-order valence-electron chi connectivity index (χ1n) is 14.5. The number of fused-ring (bicyclic) bond motifs is 4. The van der Waals surface area contributed by atoms with Gasteiger partial charge in [0.15, 0.2) is 24.2 Å². The molecule has 7 atom stereocenters. The van der Waals surface area contributed by atoms with Gasteiger partial charge in [0, 0.05) is 37.0 Å². The molecule has 2 nitrogen and oxygen atoms in total. The number of hydrogen-bond acceptors (Lipinski definition) is 1. The van der Waals surface area contributed by atoms with Crippen molar-refractivity contribution in [1.29, 1.82) is 0 Å². The van der Waals surface area contributed by atoms with Gasteiger partial charge >= 0.3 is 0 Å². The number of Topliss-reactive ketones (excluding diaryl/α,β-unsaturated/α-hetero) is 1. The average Bonchev–Trinajstić information content (AvgIpc) is 3.09. The van der Waals surface area contributed by atoms with Crippen molar-refractivity contribution in [2.75, 3.05) is 0 Å². The molecular formula is C32H48NO+. The molecule has 0 amide bonds. The van der Waals surface area contributed by atoms with Crippen molar-refractivity contribution >= 4 is 5.78 Å². The first-order chi connectivity index (χ1) is 16.2. The van der Waals surface area contributed by atoms with Gasteiger partial charge in [0.05, 0.1) is 0 Å². The van der Waals surface area contributed by atoms with Gasteiger partial charge in [0.1, 0.15) is 0 Å². The number of ketones is 1. The lowest BCUT2D eigenvalue weighted by molar-refractivity contribution is -0.727. The van der Waals surface area contributed by atoms with Crippen LogP contribution >= 0.6 is 0 Å². The first kappa shape index (κ1) is 24.3. The molecule has 0 saturated heterocycles. The Morgan fingerprint density at radius 1 is 1.00 bits per heavy atom. The Balaban J connectivity index is 1.37. The van der Waals surface area contributed by atoms with Gasteiger partial charge in [0.2, 0.25) is 0 Å². The van der Waals surface area contributed by atoms with Gasteiger partial charge in [0.25, 0.3) is 0 Å². The lowest BCUT2D eigenvalue weighted by Crippen LogP contribution is -2.51. The molecule has 186 valence electrons. The lowest BCUT2D eigenvalue weighted by Gasteiger charge is -2.56. The van der Waals surface area contributed by atoms with Crippen LogP contribution in [0.2, 0.25) is 0 Å². The van der Waals surface area contributed by atoms with Crippen molar-refractivity contribution in [3.05, 3.63) is 41.7 Å². The highest BCUT2D eigenvalue weighted by molar-refractivity contribution is 6.00. The molecule has 0 radical (unpaired) electrons. The maximum atomic E-state index is 13.6. The SMILES string of the molecule is CC(C)CCC[C@@H](C)[C@H]1CC(=O)C2=C3CC[C@H]4C[C@@H]([n+]5ccccc5)CC[C@]4(C)[C@H]3CC[C@@]21C. The number of allylic oxidation sites excluding steroid dienone is 2. The maximum absolute atomic E-state index is 13.6. The van der Waals surface area contributed by atoms with E-state index in [1.54, 1.807) is 5.57 Å². The molecule has 1 aromatic rings. The summed E-state index contributed by atoms with van der Waals surface area (Å²) in [7, 11) is 0. The molecule has 4 aliphatic rings. The highest BCUT2D eigenvalue weighted by Gasteiger charge is 2.58. The van der Waals surface area contributed by atoms with Crippen LogP contribution in [0.4, 0.5) is 0 Å². The molecule has 0 unspecified atom stereocenters. The van der Waals surface area contributed by atoms with Crippen LogP contribution in [0.5, 0.6) is 0 Å². The van der Waals surface area contributed by atoms with E-state index in [2.05, 4.69) is 69.8 Å². The fraction of sp³-hybridized carbons (Fsp3) is 0.750. The van der Waals surface area contributed by atoms with E-state index in [0.717, 1.165) is 18.3 Å². The third-order valence-electron chi connectivity index (χ3n) is 11.1. The summed E-state index contributed by atoms with van der Waals surface area (Å²) in [5.74, 6) is 3.97. The second-order valence-corrected chi connectivity index (χ2v) is 13.4. The van der Waals surface area contributed by atoms with Gasteiger partial charge in [-0.15, -0.1) is 0 Å². The predicted octanol–water partition coefficient (Wildman–Crippen LogP) is 7.88. The summed E-state index contributed by atoms with van der Waals surface area (Å²) in [5, 5.41) is 0. The van der Waals surface area contributed by atoms with E-state index in [0.29, 0.717) is 35.0 Å². The zero-order valence-electron chi connectivity index (χ0n) is 22.5. The monoisotopic (exact) mass is 462 g/mol. The summed E-state index contributed by atoms with van der Waals surface area (Å²) in [6, 6.07) is 7.11. The Bertz CT molecular complexity index is 932. The smallest absolute Gasteiger partial charge is 0.169 e. The van der Waals surface area contributed by atoms with Crippen LogP contribution in [0.15, 0.2) is 41.7 Å². The largest absolute Gasteiger partial charge is 0.295 e. The van der Waals surface area contributed by atoms with E-state index >= 15 is 0 Å². The van der Waals surface area contributed by atoms with Crippen LogP contribution in [-0.2, 0) is 4.79 Å². The highest BCUT2D eigenvalue weighted by atomic mass is 16.1. The first-order valence-corrected chi connectivity index (χ1v) is 14.5. The Kier molecular flexibility index (Phi) is 6.57. The van der Waals surface area contributed by atoms with Gasteiger partial charge in [-0.05, 0) is 72.5 Å². The molecule has 5 rings (SSSR count). The normalized spacial score (nSPS) is 38.5. The average molecular weight is 463 g/mol. The molecule has 1 heterocycles. The molecule has 0 N–H and O–H groups in total. The van der Waals surface area contributed by atoms with Crippen molar-refractivity contribution in [1.82, 2.24) is 0 Å². The van der Waals surface area contributed by atoms with E-state index in [1.165, 1.54) is 69.8 Å². The second-order valence-electron chi connectivity index (χ2n) is 13.4. The van der Waals surface area contributed by atoms with Crippen LogP contribution in [-0.4, -0.2) is 5.78 Å². The van der Waals surface area contributed by atoms with Crippen molar-refractivity contribution in [3.8, 4) is 0 Å². The number of nitrogens with zero attached hydrogens (tertiary/aromatic N) is 1. The van der Waals surface area contributed by atoms with Gasteiger partial charge in [-0.2, -0.15) is 0 Å². The molecule has 0 spiro atoms. The molecule has 3 fully saturated rings. The van der Waals surface area contributed by atoms with E-state index in [1.807, 2.05) is 0 Å². The van der Waals surface area contributed by atoms with Gasteiger partial charge < -0.3 is 0 Å². The number of pyridine rings is 1. The summed E-state index contributed by atoms with van der Waals surface area (Å²) in [6.45, 7) is 12.2. The Morgan fingerprint density at radius 2 is 1.76 bits per heavy atom. The number of aromatic nitrogens is 1. The summed E-state index contributed by atoms with van der Waals surface area (Å²) >= 11 is 0. The third-order valence-corrected chi connectivity index (χ3v) is 11.1. The molecule has 4 aliphatic carbocycles. The van der Waals surface area contributed by atoms with Crippen molar-refractivity contribution < 1.29 is 9.36 Å². The van der Waals surface area contributed by atoms with Gasteiger partial charge in [-0.3, -0.25) is 4.79 Å². The molecule has 0 aromatic carbocycles. The van der Waals surface area contributed by atoms with Crippen molar-refractivity contribution in [3.63, 3.8) is 0 Å². The summed E-state index contributed by atoms with van der Waals surface area (Å²) in [6.07, 6.45) is 18.2. The zero-order chi connectivity index (χ0) is 24.1. The summed E-state index contributed by atoms with van der Waals surface area (Å²) in [5.41, 5.74) is 3.49. The summed E-state index contributed by atoms with van der Waals surface area (Å²) < 4.78 is 2.46. The van der Waals surface area contributed by atoms with E-state index < -0.39 is 0 Å². The molecule has 34 heavy (non-hydrogen) atoms. The Labute approximate surface area is 208 Å². The highest BCUT2D eigenvalue weighted by Crippen LogP contribution is 2.65. The number of carbonyl (C=O) groups is 1. The van der Waals surface area contributed by atoms with E-state index in [9.17, 15) is 4.79 Å². The second kappa shape index (κ2) is 9.21.